The van der Waals surface area contributed by atoms with Crippen LogP contribution in [-0.4, -0.2) is 51.6 Å². The number of nitrogens with zero attached hydrogens (tertiary/aromatic N) is 4. The number of amides is 1. The van der Waals surface area contributed by atoms with Gasteiger partial charge in [-0.1, -0.05) is 24.3 Å². The highest BCUT2D eigenvalue weighted by Crippen LogP contribution is 2.29. The first-order valence-electron chi connectivity index (χ1n) is 10.1. The summed E-state index contributed by atoms with van der Waals surface area (Å²) in [5.41, 5.74) is 3.78. The van der Waals surface area contributed by atoms with Crippen LogP contribution in [0.5, 0.6) is 0 Å². The van der Waals surface area contributed by atoms with Crippen LogP contribution in [0.25, 0.3) is 29.2 Å². The minimum Gasteiger partial charge on any atom is -0.378 e. The van der Waals surface area contributed by atoms with Gasteiger partial charge in [-0.2, -0.15) is 0 Å². The van der Waals surface area contributed by atoms with Crippen molar-refractivity contribution in [2.45, 2.75) is 6.92 Å². The number of rotatable bonds is 5. The van der Waals surface area contributed by atoms with E-state index in [-0.39, 0.29) is 5.91 Å². The molecule has 1 amide bonds. The van der Waals surface area contributed by atoms with Crippen molar-refractivity contribution in [3.63, 3.8) is 0 Å². The van der Waals surface area contributed by atoms with Gasteiger partial charge >= 0.3 is 0 Å². The Morgan fingerprint density at radius 2 is 1.90 bits per heavy atom. The fourth-order valence-corrected chi connectivity index (χ4v) is 3.68. The highest BCUT2D eigenvalue weighted by Gasteiger charge is 2.21. The van der Waals surface area contributed by atoms with Gasteiger partial charge in [-0.25, -0.2) is 4.98 Å². The maximum Gasteiger partial charge on any atom is 0.272 e. The number of carbonyl (C=O) groups is 1. The molecule has 6 nitrogen and oxygen atoms in total. The minimum absolute atomic E-state index is 0.0859. The summed E-state index contributed by atoms with van der Waals surface area (Å²) in [6, 6.07) is 11.2. The van der Waals surface area contributed by atoms with E-state index in [2.05, 4.69) is 11.6 Å². The molecule has 1 saturated heterocycles. The topological polar surface area (TPSA) is 60.3 Å². The third-order valence-corrected chi connectivity index (χ3v) is 5.34. The largest absolute Gasteiger partial charge is 0.378 e. The van der Waals surface area contributed by atoms with Gasteiger partial charge in [0.1, 0.15) is 11.5 Å². The lowest BCUT2D eigenvalue weighted by atomic mass is 10.2. The van der Waals surface area contributed by atoms with Gasteiger partial charge < -0.3 is 9.64 Å². The molecule has 158 valence electrons. The van der Waals surface area contributed by atoms with Crippen LogP contribution in [0.4, 0.5) is 0 Å². The van der Waals surface area contributed by atoms with Crippen molar-refractivity contribution in [3.05, 3.63) is 77.4 Å². The number of hydrogen-bond acceptors (Lipinski definition) is 4. The summed E-state index contributed by atoms with van der Waals surface area (Å²) >= 11 is 6.09. The van der Waals surface area contributed by atoms with Crippen molar-refractivity contribution in [1.29, 1.82) is 0 Å². The molecule has 0 atom stereocenters. The lowest BCUT2D eigenvalue weighted by molar-refractivity contribution is 0.0299. The quantitative estimate of drug-likeness (QED) is 0.582. The summed E-state index contributed by atoms with van der Waals surface area (Å²) in [6.07, 6.45) is 7.35. The van der Waals surface area contributed by atoms with E-state index in [1.807, 2.05) is 54.0 Å². The Kier molecular flexibility index (Phi) is 6.30. The predicted octanol–water partition coefficient (Wildman–Crippen LogP) is 4.74. The van der Waals surface area contributed by atoms with Gasteiger partial charge in [0.2, 0.25) is 0 Å². The van der Waals surface area contributed by atoms with E-state index in [9.17, 15) is 4.79 Å². The molecule has 0 spiro atoms. The molecular formula is C24H23ClN4O2. The van der Waals surface area contributed by atoms with Gasteiger partial charge in [0, 0.05) is 35.6 Å². The van der Waals surface area contributed by atoms with E-state index in [4.69, 9.17) is 21.3 Å². The van der Waals surface area contributed by atoms with Crippen LogP contribution in [0.1, 0.15) is 28.8 Å². The first-order chi connectivity index (χ1) is 15.1. The van der Waals surface area contributed by atoms with Gasteiger partial charge in [-0.3, -0.25) is 14.3 Å². The van der Waals surface area contributed by atoms with E-state index in [1.54, 1.807) is 23.2 Å². The molecule has 0 radical (unpaired) electrons. The molecule has 3 aromatic rings. The van der Waals surface area contributed by atoms with Crippen LogP contribution in [0.2, 0.25) is 5.02 Å². The fourth-order valence-electron chi connectivity index (χ4n) is 3.55. The van der Waals surface area contributed by atoms with E-state index >= 15 is 0 Å². The highest BCUT2D eigenvalue weighted by atomic mass is 35.5. The summed E-state index contributed by atoms with van der Waals surface area (Å²) in [5, 5.41) is 0.659. The van der Waals surface area contributed by atoms with Crippen molar-refractivity contribution >= 4 is 29.7 Å². The summed E-state index contributed by atoms with van der Waals surface area (Å²) in [4.78, 5) is 23.7. The third-order valence-electron chi connectivity index (χ3n) is 5.08. The number of pyridine rings is 1. The van der Waals surface area contributed by atoms with Crippen LogP contribution in [0.15, 0.2) is 55.3 Å². The summed E-state index contributed by atoms with van der Waals surface area (Å²) < 4.78 is 7.34. The second-order valence-corrected chi connectivity index (χ2v) is 7.49. The average Bonchev–Trinajstić information content (AvgIpc) is 3.18. The average molecular weight is 435 g/mol. The van der Waals surface area contributed by atoms with Gasteiger partial charge in [0.15, 0.2) is 0 Å². The molecule has 1 aliphatic rings. The van der Waals surface area contributed by atoms with Crippen molar-refractivity contribution in [2.24, 2.45) is 0 Å². The molecular weight excluding hydrogens is 412 g/mol. The highest BCUT2D eigenvalue weighted by molar-refractivity contribution is 6.30. The fraction of sp³-hybridized carbons (Fsp3) is 0.208. The number of ether oxygens (including phenoxy) is 1. The summed E-state index contributed by atoms with van der Waals surface area (Å²) in [6.45, 7) is 8.20. The number of imidazole rings is 1. The molecule has 4 rings (SSSR count). The maximum atomic E-state index is 12.7. The Bertz CT molecular complexity index is 1110. The number of hydrogen-bond donors (Lipinski definition) is 0. The van der Waals surface area contributed by atoms with Crippen LogP contribution in [0.3, 0.4) is 0 Å². The Labute approximate surface area is 186 Å². The van der Waals surface area contributed by atoms with E-state index in [0.29, 0.717) is 42.8 Å². The molecule has 2 aromatic heterocycles. The second kappa shape index (κ2) is 9.29. The number of benzene rings is 1. The minimum atomic E-state index is -0.0859. The zero-order valence-corrected chi connectivity index (χ0v) is 18.0. The molecule has 1 fully saturated rings. The van der Waals surface area contributed by atoms with E-state index in [0.717, 1.165) is 22.6 Å². The van der Waals surface area contributed by atoms with Crippen molar-refractivity contribution in [1.82, 2.24) is 19.4 Å². The zero-order chi connectivity index (χ0) is 21.8. The summed E-state index contributed by atoms with van der Waals surface area (Å²) in [7, 11) is 0. The SMILES string of the molecule is C=Cc1c(/C=C\C)nc(-c2ccc(C(=O)N3CCOCC3)nc2)n1-c1ccc(Cl)cc1. The van der Waals surface area contributed by atoms with Crippen molar-refractivity contribution < 1.29 is 9.53 Å². The Morgan fingerprint density at radius 3 is 2.52 bits per heavy atom. The molecule has 1 aliphatic heterocycles. The molecule has 0 bridgehead atoms. The Hall–Kier alpha value is -3.22. The Morgan fingerprint density at radius 1 is 1.16 bits per heavy atom. The number of halogens is 1. The van der Waals surface area contributed by atoms with Gasteiger partial charge in [-0.05, 0) is 55.5 Å². The lowest BCUT2D eigenvalue weighted by Crippen LogP contribution is -2.41. The molecule has 7 heteroatoms. The molecule has 1 aromatic carbocycles. The molecule has 3 heterocycles. The predicted molar refractivity (Wildman–Crippen MR) is 123 cm³/mol. The second-order valence-electron chi connectivity index (χ2n) is 7.06. The molecule has 0 saturated carbocycles. The van der Waals surface area contributed by atoms with Crippen molar-refractivity contribution in [2.75, 3.05) is 26.3 Å². The maximum absolute atomic E-state index is 12.7. The third kappa shape index (κ3) is 4.31. The van der Waals surface area contributed by atoms with Crippen LogP contribution < -0.4 is 0 Å². The van der Waals surface area contributed by atoms with Crippen molar-refractivity contribution in [3.8, 4) is 17.1 Å². The number of allylic oxidation sites excluding steroid dienone is 1. The van der Waals surface area contributed by atoms with Crippen LogP contribution in [-0.2, 0) is 4.74 Å². The van der Waals surface area contributed by atoms with Crippen LogP contribution in [0, 0.1) is 0 Å². The monoisotopic (exact) mass is 434 g/mol. The molecule has 0 N–H and O–H groups in total. The Balaban J connectivity index is 1.75. The normalized spacial score (nSPS) is 14.2. The zero-order valence-electron chi connectivity index (χ0n) is 17.3. The van der Waals surface area contributed by atoms with Crippen LogP contribution >= 0.6 is 11.6 Å². The smallest absolute Gasteiger partial charge is 0.272 e. The van der Waals surface area contributed by atoms with E-state index in [1.165, 1.54) is 0 Å². The molecule has 0 aliphatic carbocycles. The number of morpholine rings is 1. The number of aromatic nitrogens is 3. The van der Waals surface area contributed by atoms with Gasteiger partial charge in [-0.15, -0.1) is 0 Å². The number of carbonyl (C=O) groups excluding carboxylic acids is 1. The first-order valence-corrected chi connectivity index (χ1v) is 10.5. The summed E-state index contributed by atoms with van der Waals surface area (Å²) in [5.74, 6) is 0.625. The lowest BCUT2D eigenvalue weighted by Gasteiger charge is -2.26. The first kappa shape index (κ1) is 21.0. The molecule has 31 heavy (non-hydrogen) atoms. The van der Waals surface area contributed by atoms with Gasteiger partial charge in [0.25, 0.3) is 5.91 Å². The van der Waals surface area contributed by atoms with E-state index < -0.39 is 0 Å². The van der Waals surface area contributed by atoms with Gasteiger partial charge in [0.05, 0.1) is 24.6 Å². The standard InChI is InChI=1S/C24H23ClN4O2/c1-3-5-20-22(4-2)29(19-9-7-18(25)8-10-19)23(27-20)17-6-11-21(26-16-17)24(30)28-12-14-31-15-13-28/h3-11,16H,2,12-15H2,1H3/b5-3-. The molecule has 0 unspecified atom stereocenters.